The lowest BCUT2D eigenvalue weighted by molar-refractivity contribution is -0.137. The van der Waals surface area contributed by atoms with Crippen molar-refractivity contribution in [3.63, 3.8) is 0 Å². The minimum absolute atomic E-state index is 0.0579. The molecule has 9 nitrogen and oxygen atoms in total. The predicted molar refractivity (Wildman–Crippen MR) is 137 cm³/mol. The number of hydrogen-bond acceptors (Lipinski definition) is 7. The number of amides is 1. The summed E-state index contributed by atoms with van der Waals surface area (Å²) in [6.45, 7) is 10.6. The first-order chi connectivity index (χ1) is 17.9. The molecule has 4 aromatic rings. The number of carbonyl (C=O) groups is 1. The number of aryl methyl sites for hydroxylation is 1. The standard InChI is InChI=1S/C26H30F3N7O2/c1-6-12-35(24-33-22-20(38-24)10-7-16(2)32-22)13-11-30-23(37)17-8-9-18(19(14-17)26(27,28)29)21-31-15-36(34-21)25(3,4)5/h7-10,14-15H,6,11-13H2,1-5H3,(H,30,37). The van der Waals surface area contributed by atoms with Crippen LogP contribution in [0.25, 0.3) is 22.6 Å². The summed E-state index contributed by atoms with van der Waals surface area (Å²) < 4.78 is 49.1. The Morgan fingerprint density at radius 3 is 2.53 bits per heavy atom. The summed E-state index contributed by atoms with van der Waals surface area (Å²) in [7, 11) is 0. The van der Waals surface area contributed by atoms with E-state index in [1.807, 2.05) is 45.6 Å². The number of halogens is 3. The zero-order valence-corrected chi connectivity index (χ0v) is 21.9. The maximum absolute atomic E-state index is 13.9. The van der Waals surface area contributed by atoms with E-state index in [1.165, 1.54) is 23.1 Å². The minimum atomic E-state index is -4.70. The second-order valence-corrected chi connectivity index (χ2v) is 9.96. The molecular formula is C26H30F3N7O2. The third-order valence-electron chi connectivity index (χ3n) is 5.82. The Kier molecular flexibility index (Phi) is 7.43. The molecule has 0 saturated carbocycles. The highest BCUT2D eigenvalue weighted by Gasteiger charge is 2.35. The largest absolute Gasteiger partial charge is 0.422 e. The van der Waals surface area contributed by atoms with Gasteiger partial charge in [-0.25, -0.2) is 14.6 Å². The van der Waals surface area contributed by atoms with Gasteiger partial charge < -0.3 is 14.6 Å². The molecule has 12 heteroatoms. The monoisotopic (exact) mass is 529 g/mol. The second-order valence-electron chi connectivity index (χ2n) is 9.96. The molecule has 0 unspecified atom stereocenters. The summed E-state index contributed by atoms with van der Waals surface area (Å²) in [5, 5.41) is 6.91. The lowest BCUT2D eigenvalue weighted by Gasteiger charge is -2.20. The number of nitrogens with zero attached hydrogens (tertiary/aromatic N) is 6. The number of rotatable bonds is 8. The van der Waals surface area contributed by atoms with Crippen molar-refractivity contribution >= 4 is 23.2 Å². The average molecular weight is 530 g/mol. The molecular weight excluding hydrogens is 499 g/mol. The van der Waals surface area contributed by atoms with E-state index in [2.05, 4.69) is 25.4 Å². The highest BCUT2D eigenvalue weighted by Crippen LogP contribution is 2.37. The fourth-order valence-electron chi connectivity index (χ4n) is 3.84. The molecule has 0 spiro atoms. The van der Waals surface area contributed by atoms with Crippen LogP contribution in [-0.4, -0.2) is 50.3 Å². The van der Waals surface area contributed by atoms with Gasteiger partial charge in [0, 0.05) is 36.5 Å². The predicted octanol–water partition coefficient (Wildman–Crippen LogP) is 5.21. The van der Waals surface area contributed by atoms with E-state index in [-0.39, 0.29) is 23.5 Å². The van der Waals surface area contributed by atoms with E-state index in [4.69, 9.17) is 4.42 Å². The summed E-state index contributed by atoms with van der Waals surface area (Å²) >= 11 is 0. The molecule has 0 radical (unpaired) electrons. The first kappa shape index (κ1) is 27.1. The molecule has 0 aliphatic carbocycles. The Bertz CT molecular complexity index is 1440. The number of fused-ring (bicyclic) bond motifs is 1. The van der Waals surface area contributed by atoms with Gasteiger partial charge in [0.2, 0.25) is 5.65 Å². The van der Waals surface area contributed by atoms with Crippen molar-refractivity contribution < 1.29 is 22.4 Å². The lowest BCUT2D eigenvalue weighted by Crippen LogP contribution is -2.35. The van der Waals surface area contributed by atoms with Gasteiger partial charge in [-0.1, -0.05) is 6.92 Å². The molecule has 202 valence electrons. The fraction of sp³-hybridized carbons (Fsp3) is 0.423. The highest BCUT2D eigenvalue weighted by atomic mass is 19.4. The number of aromatic nitrogens is 5. The van der Waals surface area contributed by atoms with Crippen molar-refractivity contribution in [2.45, 2.75) is 52.8 Å². The summed E-state index contributed by atoms with van der Waals surface area (Å²) in [5.41, 5.74) is 0.144. The van der Waals surface area contributed by atoms with Crippen LogP contribution in [0.2, 0.25) is 0 Å². The van der Waals surface area contributed by atoms with Gasteiger partial charge in [0.1, 0.15) is 6.33 Å². The van der Waals surface area contributed by atoms with E-state index < -0.39 is 23.2 Å². The van der Waals surface area contributed by atoms with Crippen LogP contribution < -0.4 is 10.2 Å². The molecule has 0 fully saturated rings. The van der Waals surface area contributed by atoms with Crippen LogP contribution >= 0.6 is 0 Å². The van der Waals surface area contributed by atoms with E-state index in [9.17, 15) is 18.0 Å². The van der Waals surface area contributed by atoms with Gasteiger partial charge in [0.15, 0.2) is 11.4 Å². The van der Waals surface area contributed by atoms with Crippen molar-refractivity contribution in [1.82, 2.24) is 30.0 Å². The molecule has 1 aromatic carbocycles. The van der Waals surface area contributed by atoms with Crippen LogP contribution in [0.1, 0.15) is 55.7 Å². The first-order valence-electron chi connectivity index (χ1n) is 12.3. The Hall–Kier alpha value is -3.96. The number of alkyl halides is 3. The lowest BCUT2D eigenvalue weighted by atomic mass is 10.0. The fourth-order valence-corrected chi connectivity index (χ4v) is 3.84. The number of hydrogen-bond donors (Lipinski definition) is 1. The third-order valence-corrected chi connectivity index (χ3v) is 5.82. The normalized spacial score (nSPS) is 12.2. The molecule has 3 aromatic heterocycles. The molecule has 4 rings (SSSR count). The summed E-state index contributed by atoms with van der Waals surface area (Å²) in [6.07, 6.45) is -2.50. The van der Waals surface area contributed by atoms with E-state index >= 15 is 0 Å². The average Bonchev–Trinajstić information content (AvgIpc) is 3.50. The van der Waals surface area contributed by atoms with E-state index in [0.29, 0.717) is 30.3 Å². The Morgan fingerprint density at radius 1 is 1.11 bits per heavy atom. The Labute approximate surface area is 218 Å². The quantitative estimate of drug-likeness (QED) is 0.334. The number of nitrogens with one attached hydrogen (secondary N) is 1. The number of anilines is 1. The summed E-state index contributed by atoms with van der Waals surface area (Å²) in [5.74, 6) is -0.682. The zero-order chi connectivity index (χ0) is 27.7. The van der Waals surface area contributed by atoms with Gasteiger partial charge in [-0.2, -0.15) is 23.3 Å². The maximum Gasteiger partial charge on any atom is 0.417 e. The van der Waals surface area contributed by atoms with E-state index in [0.717, 1.165) is 18.2 Å². The van der Waals surface area contributed by atoms with Crippen LogP contribution in [-0.2, 0) is 11.7 Å². The zero-order valence-electron chi connectivity index (χ0n) is 21.9. The van der Waals surface area contributed by atoms with Crippen molar-refractivity contribution in [3.05, 3.63) is 53.5 Å². The topological polar surface area (TPSA) is 102 Å². The molecule has 0 aliphatic rings. The van der Waals surface area contributed by atoms with Gasteiger partial charge >= 0.3 is 6.18 Å². The van der Waals surface area contributed by atoms with Crippen molar-refractivity contribution in [2.75, 3.05) is 24.5 Å². The van der Waals surface area contributed by atoms with Gasteiger partial charge in [-0.15, -0.1) is 0 Å². The van der Waals surface area contributed by atoms with Gasteiger partial charge in [0.25, 0.3) is 11.9 Å². The molecule has 38 heavy (non-hydrogen) atoms. The summed E-state index contributed by atoms with van der Waals surface area (Å²) in [4.78, 5) is 27.5. The van der Waals surface area contributed by atoms with Crippen LogP contribution in [0.4, 0.5) is 19.2 Å². The van der Waals surface area contributed by atoms with Crippen molar-refractivity contribution in [3.8, 4) is 11.4 Å². The SMILES string of the molecule is CCCN(CCNC(=O)c1ccc(-c2ncn(C(C)(C)C)n2)c(C(F)(F)F)c1)c1nc2nc(C)ccc2o1. The number of oxazole rings is 1. The molecule has 1 N–H and O–H groups in total. The number of benzene rings is 1. The third kappa shape index (κ3) is 5.95. The van der Waals surface area contributed by atoms with Crippen LogP contribution in [0.15, 0.2) is 41.1 Å². The van der Waals surface area contributed by atoms with Crippen LogP contribution in [0.5, 0.6) is 0 Å². The minimum Gasteiger partial charge on any atom is -0.422 e. The van der Waals surface area contributed by atoms with Crippen molar-refractivity contribution in [1.29, 1.82) is 0 Å². The highest BCUT2D eigenvalue weighted by molar-refractivity contribution is 5.95. The molecule has 0 bridgehead atoms. The van der Waals surface area contributed by atoms with Gasteiger partial charge in [-0.05, 0) is 64.4 Å². The molecule has 0 atom stereocenters. The van der Waals surface area contributed by atoms with Gasteiger partial charge in [-0.3, -0.25) is 4.79 Å². The molecule has 0 saturated heterocycles. The van der Waals surface area contributed by atoms with Crippen molar-refractivity contribution in [2.24, 2.45) is 0 Å². The number of carbonyl (C=O) groups excluding carboxylic acids is 1. The second kappa shape index (κ2) is 10.4. The molecule has 3 heterocycles. The summed E-state index contributed by atoms with van der Waals surface area (Å²) in [6, 6.07) is 7.41. The van der Waals surface area contributed by atoms with Crippen LogP contribution in [0.3, 0.4) is 0 Å². The van der Waals surface area contributed by atoms with Gasteiger partial charge in [0.05, 0.1) is 11.1 Å². The molecule has 1 amide bonds. The molecule has 0 aliphatic heterocycles. The number of pyridine rings is 1. The Morgan fingerprint density at radius 2 is 1.87 bits per heavy atom. The first-order valence-corrected chi connectivity index (χ1v) is 12.3. The van der Waals surface area contributed by atoms with Crippen LogP contribution in [0, 0.1) is 6.92 Å². The van der Waals surface area contributed by atoms with E-state index in [1.54, 1.807) is 6.07 Å². The smallest absolute Gasteiger partial charge is 0.417 e. The maximum atomic E-state index is 13.9. The Balaban J connectivity index is 1.49.